The van der Waals surface area contributed by atoms with Crippen molar-refractivity contribution in [3.8, 4) is 0 Å². The maximum absolute atomic E-state index is 4.82. The zero-order valence-electron chi connectivity index (χ0n) is 13.5. The van der Waals surface area contributed by atoms with E-state index in [2.05, 4.69) is 50.8 Å². The summed E-state index contributed by atoms with van der Waals surface area (Å²) in [5, 5.41) is 4.26. The molecule has 6 nitrogen and oxygen atoms in total. The standard InChI is InChI=1S/C17H22N6/c1-14-5-4-8-22-10-15(20-17(14)22)9-21-7-3-2-6-16(21)11-23-13-18-12-19-23/h4-5,8,10,12-13,16H,2-3,6-7,9,11H2,1H3/t16-/m0/s1. The van der Waals surface area contributed by atoms with Crippen LogP contribution in [-0.4, -0.2) is 41.6 Å². The van der Waals surface area contributed by atoms with Crippen LogP contribution in [0, 0.1) is 6.92 Å². The van der Waals surface area contributed by atoms with Crippen LogP contribution in [-0.2, 0) is 13.1 Å². The van der Waals surface area contributed by atoms with E-state index in [1.807, 2.05) is 4.68 Å². The van der Waals surface area contributed by atoms with Gasteiger partial charge in [0.05, 0.1) is 12.2 Å². The topological polar surface area (TPSA) is 51.2 Å². The Hall–Kier alpha value is -2.21. The third-order valence-electron chi connectivity index (χ3n) is 4.71. The average molecular weight is 310 g/mol. The molecule has 1 saturated heterocycles. The highest BCUT2D eigenvalue weighted by Gasteiger charge is 2.24. The second kappa shape index (κ2) is 6.12. The van der Waals surface area contributed by atoms with Crippen molar-refractivity contribution in [1.82, 2.24) is 29.0 Å². The molecule has 0 saturated carbocycles. The smallest absolute Gasteiger partial charge is 0.139 e. The molecule has 120 valence electrons. The minimum atomic E-state index is 0.511. The van der Waals surface area contributed by atoms with E-state index in [-0.39, 0.29) is 0 Å². The molecule has 0 aliphatic carbocycles. The molecular weight excluding hydrogens is 288 g/mol. The van der Waals surface area contributed by atoms with Gasteiger partial charge < -0.3 is 4.40 Å². The minimum Gasteiger partial charge on any atom is -0.307 e. The summed E-state index contributed by atoms with van der Waals surface area (Å²) in [5.74, 6) is 0. The van der Waals surface area contributed by atoms with Gasteiger partial charge in [-0.1, -0.05) is 12.5 Å². The highest BCUT2D eigenvalue weighted by Crippen LogP contribution is 2.21. The molecule has 3 aromatic rings. The van der Waals surface area contributed by atoms with Crippen LogP contribution in [0.15, 0.2) is 37.2 Å². The van der Waals surface area contributed by atoms with Gasteiger partial charge in [0, 0.05) is 25.0 Å². The van der Waals surface area contributed by atoms with Gasteiger partial charge in [0.2, 0.25) is 0 Å². The molecule has 4 heterocycles. The summed E-state index contributed by atoms with van der Waals surface area (Å²) in [4.78, 5) is 11.4. The molecule has 3 aromatic heterocycles. The molecule has 0 radical (unpaired) electrons. The number of likely N-dealkylation sites (tertiary alicyclic amines) is 1. The summed E-state index contributed by atoms with van der Waals surface area (Å²) in [6, 6.07) is 4.69. The van der Waals surface area contributed by atoms with Crippen LogP contribution in [0.25, 0.3) is 5.65 Å². The normalized spacial score (nSPS) is 19.4. The highest BCUT2D eigenvalue weighted by atomic mass is 15.3. The Morgan fingerprint density at radius 3 is 3.09 bits per heavy atom. The fourth-order valence-corrected chi connectivity index (χ4v) is 3.51. The monoisotopic (exact) mass is 310 g/mol. The largest absolute Gasteiger partial charge is 0.307 e. The number of hydrogen-bond donors (Lipinski definition) is 0. The van der Waals surface area contributed by atoms with Crippen LogP contribution in [0.5, 0.6) is 0 Å². The van der Waals surface area contributed by atoms with E-state index in [1.165, 1.54) is 24.8 Å². The van der Waals surface area contributed by atoms with E-state index in [0.29, 0.717) is 6.04 Å². The van der Waals surface area contributed by atoms with Crippen molar-refractivity contribution in [3.63, 3.8) is 0 Å². The predicted molar refractivity (Wildman–Crippen MR) is 88.0 cm³/mol. The van der Waals surface area contributed by atoms with E-state index in [9.17, 15) is 0 Å². The average Bonchev–Trinajstić information content (AvgIpc) is 3.19. The van der Waals surface area contributed by atoms with Gasteiger partial charge in [-0.15, -0.1) is 0 Å². The summed E-state index contributed by atoms with van der Waals surface area (Å²) in [7, 11) is 0. The Labute approximate surface area is 135 Å². The maximum Gasteiger partial charge on any atom is 0.139 e. The molecule has 0 aromatic carbocycles. The number of hydrogen-bond acceptors (Lipinski definition) is 4. The Morgan fingerprint density at radius 1 is 1.30 bits per heavy atom. The first-order valence-corrected chi connectivity index (χ1v) is 8.29. The molecule has 0 unspecified atom stereocenters. The SMILES string of the molecule is Cc1cccn2cc(CN3CCCC[C@H]3Cn3cncn3)nc12. The fourth-order valence-electron chi connectivity index (χ4n) is 3.51. The van der Waals surface area contributed by atoms with Gasteiger partial charge in [-0.25, -0.2) is 9.97 Å². The summed E-state index contributed by atoms with van der Waals surface area (Å²) < 4.78 is 4.07. The first kappa shape index (κ1) is 14.4. The van der Waals surface area contributed by atoms with Gasteiger partial charge >= 0.3 is 0 Å². The Kier molecular flexibility index (Phi) is 3.83. The van der Waals surface area contributed by atoms with Gasteiger partial charge in [-0.3, -0.25) is 9.58 Å². The van der Waals surface area contributed by atoms with Crippen molar-refractivity contribution < 1.29 is 0 Å². The molecule has 1 atom stereocenters. The predicted octanol–water partition coefficient (Wildman–Crippen LogP) is 2.29. The number of fused-ring (bicyclic) bond motifs is 1. The van der Waals surface area contributed by atoms with Crippen molar-refractivity contribution in [2.75, 3.05) is 6.54 Å². The molecule has 1 aliphatic heterocycles. The fraction of sp³-hybridized carbons (Fsp3) is 0.471. The van der Waals surface area contributed by atoms with E-state index >= 15 is 0 Å². The molecular formula is C17H22N6. The number of imidazole rings is 1. The third kappa shape index (κ3) is 2.99. The van der Waals surface area contributed by atoms with Gasteiger partial charge in [0.25, 0.3) is 0 Å². The van der Waals surface area contributed by atoms with E-state index in [1.54, 1.807) is 12.7 Å². The molecule has 6 heteroatoms. The summed E-state index contributed by atoms with van der Waals surface area (Å²) in [5.41, 5.74) is 3.42. The molecule has 0 amide bonds. The number of rotatable bonds is 4. The second-order valence-corrected chi connectivity index (χ2v) is 6.39. The zero-order valence-corrected chi connectivity index (χ0v) is 13.5. The zero-order chi connectivity index (χ0) is 15.6. The Morgan fingerprint density at radius 2 is 2.26 bits per heavy atom. The van der Waals surface area contributed by atoms with Crippen molar-refractivity contribution in [1.29, 1.82) is 0 Å². The molecule has 4 rings (SSSR count). The van der Waals surface area contributed by atoms with Crippen LogP contribution in [0.4, 0.5) is 0 Å². The molecule has 23 heavy (non-hydrogen) atoms. The maximum atomic E-state index is 4.82. The third-order valence-corrected chi connectivity index (χ3v) is 4.71. The highest BCUT2D eigenvalue weighted by molar-refractivity contribution is 5.47. The van der Waals surface area contributed by atoms with Gasteiger partial charge in [-0.05, 0) is 37.9 Å². The Balaban J connectivity index is 1.53. The summed E-state index contributed by atoms with van der Waals surface area (Å²) in [6.07, 6.45) is 11.4. The molecule has 0 bridgehead atoms. The molecule has 1 fully saturated rings. The van der Waals surface area contributed by atoms with Crippen LogP contribution in [0.1, 0.15) is 30.5 Å². The number of aryl methyl sites for hydroxylation is 1. The number of pyridine rings is 1. The minimum absolute atomic E-state index is 0.511. The van der Waals surface area contributed by atoms with Gasteiger partial charge in [-0.2, -0.15) is 5.10 Å². The van der Waals surface area contributed by atoms with Crippen LogP contribution in [0.2, 0.25) is 0 Å². The van der Waals surface area contributed by atoms with Crippen molar-refractivity contribution in [2.24, 2.45) is 0 Å². The lowest BCUT2D eigenvalue weighted by molar-refractivity contribution is 0.120. The van der Waals surface area contributed by atoms with Crippen LogP contribution >= 0.6 is 0 Å². The number of piperidine rings is 1. The quantitative estimate of drug-likeness (QED) is 0.742. The van der Waals surface area contributed by atoms with Crippen molar-refractivity contribution in [3.05, 3.63) is 48.4 Å². The Bertz CT molecular complexity index is 776. The molecule has 1 aliphatic rings. The van der Waals surface area contributed by atoms with E-state index in [4.69, 9.17) is 4.98 Å². The van der Waals surface area contributed by atoms with E-state index in [0.717, 1.165) is 31.0 Å². The summed E-state index contributed by atoms with van der Waals surface area (Å²) in [6.45, 7) is 5.06. The first-order valence-electron chi connectivity index (χ1n) is 8.29. The van der Waals surface area contributed by atoms with Gasteiger partial charge in [0.1, 0.15) is 18.3 Å². The van der Waals surface area contributed by atoms with Crippen LogP contribution in [0.3, 0.4) is 0 Å². The van der Waals surface area contributed by atoms with E-state index < -0.39 is 0 Å². The first-order chi connectivity index (χ1) is 11.3. The van der Waals surface area contributed by atoms with Crippen molar-refractivity contribution in [2.45, 2.75) is 45.3 Å². The lowest BCUT2D eigenvalue weighted by atomic mass is 10.0. The number of nitrogens with zero attached hydrogens (tertiary/aromatic N) is 6. The lowest BCUT2D eigenvalue weighted by Gasteiger charge is -2.35. The molecule has 0 spiro atoms. The molecule has 0 N–H and O–H groups in total. The van der Waals surface area contributed by atoms with Crippen molar-refractivity contribution >= 4 is 5.65 Å². The van der Waals surface area contributed by atoms with Gasteiger partial charge in [0.15, 0.2) is 0 Å². The van der Waals surface area contributed by atoms with Crippen LogP contribution < -0.4 is 0 Å². The lowest BCUT2D eigenvalue weighted by Crippen LogP contribution is -2.41. The second-order valence-electron chi connectivity index (χ2n) is 6.39. The number of aromatic nitrogens is 5. The summed E-state index contributed by atoms with van der Waals surface area (Å²) >= 11 is 0.